The minimum absolute atomic E-state index is 0.0206. The molecule has 3 aliphatic heterocycles. The molecule has 1 spiro atoms. The Morgan fingerprint density at radius 2 is 2.08 bits per heavy atom. The van der Waals surface area contributed by atoms with Crippen LogP contribution >= 0.6 is 0 Å². The second kappa shape index (κ2) is 6.50. The molecule has 3 saturated heterocycles. The molecule has 3 aliphatic rings. The zero-order valence-electron chi connectivity index (χ0n) is 14.3. The molecular weight excluding hydrogens is 308 g/mol. The number of hydrogen-bond donors (Lipinski definition) is 0. The van der Waals surface area contributed by atoms with Gasteiger partial charge in [0.25, 0.3) is 5.91 Å². The lowest BCUT2D eigenvalue weighted by atomic mass is 9.82. The van der Waals surface area contributed by atoms with Gasteiger partial charge < -0.3 is 18.8 Å². The van der Waals surface area contributed by atoms with E-state index in [4.69, 9.17) is 13.9 Å². The molecule has 3 fully saturated rings. The maximum absolute atomic E-state index is 12.4. The van der Waals surface area contributed by atoms with Crippen LogP contribution in [0.4, 0.5) is 0 Å². The molecule has 1 aromatic rings. The number of furan rings is 1. The van der Waals surface area contributed by atoms with Crippen LogP contribution < -0.4 is 0 Å². The third-order valence-electron chi connectivity index (χ3n) is 5.45. The summed E-state index contributed by atoms with van der Waals surface area (Å²) in [7, 11) is 0. The van der Waals surface area contributed by atoms with Crippen molar-refractivity contribution in [2.24, 2.45) is 5.92 Å². The van der Waals surface area contributed by atoms with Crippen molar-refractivity contribution in [1.29, 1.82) is 0 Å². The smallest absolute Gasteiger partial charge is 0.289 e. The number of carbonyl (C=O) groups excluding carboxylic acids is 1. The number of aryl methyl sites for hydroxylation is 1. The maximum atomic E-state index is 12.4. The van der Waals surface area contributed by atoms with Gasteiger partial charge in [0, 0.05) is 19.6 Å². The Kier molecular flexibility index (Phi) is 4.37. The molecule has 0 aromatic carbocycles. The molecule has 0 radical (unpaired) electrons. The van der Waals surface area contributed by atoms with Crippen LogP contribution in [0.5, 0.6) is 0 Å². The molecule has 6 heteroatoms. The Morgan fingerprint density at radius 3 is 2.71 bits per heavy atom. The van der Waals surface area contributed by atoms with E-state index in [0.29, 0.717) is 24.8 Å². The number of ether oxygens (including phenoxy) is 2. The normalized spacial score (nSPS) is 27.2. The summed E-state index contributed by atoms with van der Waals surface area (Å²) in [6, 6.07) is 3.58. The molecular formula is C18H26N2O4. The van der Waals surface area contributed by atoms with Gasteiger partial charge in [0.15, 0.2) is 5.76 Å². The monoisotopic (exact) mass is 334 g/mol. The molecule has 132 valence electrons. The van der Waals surface area contributed by atoms with Gasteiger partial charge in [-0.2, -0.15) is 0 Å². The lowest BCUT2D eigenvalue weighted by Gasteiger charge is -2.52. The van der Waals surface area contributed by atoms with E-state index in [9.17, 15) is 4.79 Å². The van der Waals surface area contributed by atoms with Crippen molar-refractivity contribution in [3.63, 3.8) is 0 Å². The number of hydrogen-bond acceptors (Lipinski definition) is 5. The van der Waals surface area contributed by atoms with Gasteiger partial charge in [-0.15, -0.1) is 0 Å². The van der Waals surface area contributed by atoms with Gasteiger partial charge in [-0.1, -0.05) is 0 Å². The van der Waals surface area contributed by atoms with Crippen molar-refractivity contribution in [1.82, 2.24) is 9.80 Å². The highest BCUT2D eigenvalue weighted by Gasteiger charge is 2.49. The fraction of sp³-hybridized carbons (Fsp3) is 0.722. The quantitative estimate of drug-likeness (QED) is 0.839. The molecule has 0 saturated carbocycles. The highest BCUT2D eigenvalue weighted by Crippen LogP contribution is 2.37. The Hall–Kier alpha value is -1.37. The molecule has 6 nitrogen and oxygen atoms in total. The Bertz CT molecular complexity index is 578. The summed E-state index contributed by atoms with van der Waals surface area (Å²) in [5, 5.41) is 0. The molecule has 0 unspecified atom stereocenters. The van der Waals surface area contributed by atoms with Crippen molar-refractivity contribution < 1.29 is 18.7 Å². The predicted octanol–water partition coefficient (Wildman–Crippen LogP) is 1.54. The summed E-state index contributed by atoms with van der Waals surface area (Å²) in [6.45, 7) is 8.91. The van der Waals surface area contributed by atoms with E-state index in [0.717, 1.165) is 51.6 Å². The van der Waals surface area contributed by atoms with Gasteiger partial charge in [-0.25, -0.2) is 0 Å². The number of morpholine rings is 1. The van der Waals surface area contributed by atoms with Gasteiger partial charge in [0.05, 0.1) is 32.9 Å². The van der Waals surface area contributed by atoms with Crippen molar-refractivity contribution in [2.45, 2.75) is 25.4 Å². The van der Waals surface area contributed by atoms with E-state index in [2.05, 4.69) is 4.90 Å². The highest BCUT2D eigenvalue weighted by molar-refractivity contribution is 5.92. The van der Waals surface area contributed by atoms with Gasteiger partial charge in [0.2, 0.25) is 0 Å². The second-order valence-electron chi connectivity index (χ2n) is 7.38. The van der Waals surface area contributed by atoms with Crippen LogP contribution in [0, 0.1) is 12.8 Å². The average molecular weight is 334 g/mol. The SMILES string of the molecule is Cc1ccc(C(=O)N2CC3(CC[C@H](CN4CCOCC4)CO3)C2)o1. The molecule has 1 atom stereocenters. The van der Waals surface area contributed by atoms with Crippen LogP contribution in [0.3, 0.4) is 0 Å². The lowest BCUT2D eigenvalue weighted by Crippen LogP contribution is -2.66. The van der Waals surface area contributed by atoms with E-state index in [1.54, 1.807) is 6.07 Å². The van der Waals surface area contributed by atoms with E-state index < -0.39 is 0 Å². The third-order valence-corrected chi connectivity index (χ3v) is 5.45. The number of amides is 1. The van der Waals surface area contributed by atoms with E-state index in [1.165, 1.54) is 6.42 Å². The summed E-state index contributed by atoms with van der Waals surface area (Å²) < 4.78 is 17.0. The van der Waals surface area contributed by atoms with Crippen molar-refractivity contribution >= 4 is 5.91 Å². The standard InChI is InChI=1S/C18H26N2O4/c1-14-2-3-16(24-14)17(21)20-12-18(13-20)5-4-15(11-23-18)10-19-6-8-22-9-7-19/h2-3,15H,4-13H2,1H3/t15-/m1/s1. The summed E-state index contributed by atoms with van der Waals surface area (Å²) in [5.74, 6) is 1.79. The minimum atomic E-state index is -0.112. The van der Waals surface area contributed by atoms with E-state index in [1.807, 2.05) is 17.9 Å². The third kappa shape index (κ3) is 3.23. The van der Waals surface area contributed by atoms with Crippen LogP contribution in [0.2, 0.25) is 0 Å². The number of rotatable bonds is 3. The van der Waals surface area contributed by atoms with Crippen molar-refractivity contribution in [3.05, 3.63) is 23.7 Å². The van der Waals surface area contributed by atoms with Crippen LogP contribution in [-0.4, -0.2) is 73.9 Å². The molecule has 0 aliphatic carbocycles. The number of likely N-dealkylation sites (tertiary alicyclic amines) is 1. The molecule has 4 heterocycles. The first-order valence-corrected chi connectivity index (χ1v) is 8.93. The second-order valence-corrected chi connectivity index (χ2v) is 7.38. The first-order valence-electron chi connectivity index (χ1n) is 8.93. The van der Waals surface area contributed by atoms with Crippen molar-refractivity contribution in [2.75, 3.05) is 52.5 Å². The molecule has 1 aromatic heterocycles. The van der Waals surface area contributed by atoms with Gasteiger partial charge in [-0.05, 0) is 37.8 Å². The highest BCUT2D eigenvalue weighted by atomic mass is 16.5. The minimum Gasteiger partial charge on any atom is -0.456 e. The van der Waals surface area contributed by atoms with Crippen LogP contribution in [0.1, 0.15) is 29.2 Å². The number of nitrogens with zero attached hydrogens (tertiary/aromatic N) is 2. The van der Waals surface area contributed by atoms with E-state index >= 15 is 0 Å². The van der Waals surface area contributed by atoms with Crippen LogP contribution in [0.25, 0.3) is 0 Å². The van der Waals surface area contributed by atoms with E-state index in [-0.39, 0.29) is 11.5 Å². The molecule has 24 heavy (non-hydrogen) atoms. The lowest BCUT2D eigenvalue weighted by molar-refractivity contribution is -0.169. The molecule has 1 amide bonds. The topological polar surface area (TPSA) is 55.2 Å². The fourth-order valence-corrected chi connectivity index (χ4v) is 3.96. The molecule has 0 bridgehead atoms. The zero-order valence-corrected chi connectivity index (χ0v) is 14.3. The zero-order chi connectivity index (χ0) is 16.6. The fourth-order valence-electron chi connectivity index (χ4n) is 3.96. The summed E-state index contributed by atoms with van der Waals surface area (Å²) >= 11 is 0. The molecule has 4 rings (SSSR count). The van der Waals surface area contributed by atoms with Gasteiger partial charge >= 0.3 is 0 Å². The Balaban J connectivity index is 1.24. The summed E-state index contributed by atoms with van der Waals surface area (Å²) in [5.41, 5.74) is -0.112. The maximum Gasteiger partial charge on any atom is 0.289 e. The van der Waals surface area contributed by atoms with Gasteiger partial charge in [-0.3, -0.25) is 9.69 Å². The largest absolute Gasteiger partial charge is 0.456 e. The Labute approximate surface area is 142 Å². The van der Waals surface area contributed by atoms with Crippen molar-refractivity contribution in [3.8, 4) is 0 Å². The Morgan fingerprint density at radius 1 is 1.29 bits per heavy atom. The molecule has 0 N–H and O–H groups in total. The number of carbonyl (C=O) groups is 1. The van der Waals surface area contributed by atoms with Crippen LogP contribution in [0.15, 0.2) is 16.5 Å². The summed E-state index contributed by atoms with van der Waals surface area (Å²) in [6.07, 6.45) is 2.22. The summed E-state index contributed by atoms with van der Waals surface area (Å²) in [4.78, 5) is 16.7. The first-order chi connectivity index (χ1) is 11.6. The average Bonchev–Trinajstić information content (AvgIpc) is 3.00. The van der Waals surface area contributed by atoms with Gasteiger partial charge in [0.1, 0.15) is 11.4 Å². The van der Waals surface area contributed by atoms with Crippen LogP contribution in [-0.2, 0) is 9.47 Å². The first kappa shape index (κ1) is 16.1. The predicted molar refractivity (Wildman–Crippen MR) is 88.0 cm³/mol.